The van der Waals surface area contributed by atoms with Crippen molar-refractivity contribution in [3.63, 3.8) is 0 Å². The van der Waals surface area contributed by atoms with E-state index in [4.69, 9.17) is 14.6 Å². The Balaban J connectivity index is 2.74. The van der Waals surface area contributed by atoms with Gasteiger partial charge in [0.25, 0.3) is 0 Å². The smallest absolute Gasteiger partial charge is 0.355 e. The number of carbonyl (C=O) groups excluding carboxylic acids is 2. The van der Waals surface area contributed by atoms with Crippen LogP contribution in [0.3, 0.4) is 0 Å². The lowest BCUT2D eigenvalue weighted by molar-refractivity contribution is -0.139. The number of nitrogens with zero attached hydrogens (tertiary/aromatic N) is 1. The highest BCUT2D eigenvalue weighted by atomic mass is 32.2. The van der Waals surface area contributed by atoms with Crippen molar-refractivity contribution in [3.05, 3.63) is 59.5 Å². The van der Waals surface area contributed by atoms with Crippen molar-refractivity contribution in [2.75, 3.05) is 19.1 Å². The number of benzene rings is 1. The number of carbonyl (C=O) groups is 2. The fraction of sp³-hybridized carbons (Fsp3) is 0.176. The zero-order valence-electron chi connectivity index (χ0n) is 14.4. The number of ether oxygens (including phenoxy) is 2. The van der Waals surface area contributed by atoms with Gasteiger partial charge in [-0.1, -0.05) is 12.1 Å². The summed E-state index contributed by atoms with van der Waals surface area (Å²) < 4.78 is 33.1. The molecule has 0 amide bonds. The molecule has 0 unspecified atom stereocenters. The monoisotopic (exact) mass is 378 g/mol. The van der Waals surface area contributed by atoms with Gasteiger partial charge >= 0.3 is 11.9 Å². The normalized spacial score (nSPS) is 14.2. The number of sulfonamides is 1. The molecule has 1 aromatic rings. The van der Waals surface area contributed by atoms with E-state index in [0.29, 0.717) is 11.3 Å². The Morgan fingerprint density at radius 1 is 1.08 bits per heavy atom. The fourth-order valence-electron chi connectivity index (χ4n) is 2.41. The molecule has 0 bridgehead atoms. The molecule has 1 aliphatic rings. The van der Waals surface area contributed by atoms with Crippen molar-refractivity contribution in [3.8, 4) is 0 Å². The minimum Gasteiger partial charge on any atom is -0.465 e. The van der Waals surface area contributed by atoms with Crippen LogP contribution in [-0.2, 0) is 29.1 Å². The molecular weight excluding hydrogens is 360 g/mol. The second kappa shape index (κ2) is 7.54. The van der Waals surface area contributed by atoms with Crippen molar-refractivity contribution in [1.82, 2.24) is 0 Å². The number of hydrogen-bond donors (Lipinski definition) is 1. The lowest BCUT2D eigenvalue weighted by atomic mass is 10.1. The highest BCUT2D eigenvalue weighted by molar-refractivity contribution is 7.89. The molecule has 138 valence electrons. The van der Waals surface area contributed by atoms with Gasteiger partial charge in [-0.2, -0.15) is 0 Å². The fourth-order valence-corrected chi connectivity index (χ4v) is 3.21. The van der Waals surface area contributed by atoms with Gasteiger partial charge < -0.3 is 14.4 Å². The van der Waals surface area contributed by atoms with E-state index in [0.717, 1.165) is 0 Å². The van der Waals surface area contributed by atoms with Crippen LogP contribution in [0.2, 0.25) is 0 Å². The van der Waals surface area contributed by atoms with Crippen LogP contribution in [0.1, 0.15) is 5.56 Å². The summed E-state index contributed by atoms with van der Waals surface area (Å²) in [7, 11) is -1.61. The van der Waals surface area contributed by atoms with E-state index in [1.807, 2.05) is 0 Å². The third-order valence-electron chi connectivity index (χ3n) is 3.65. The van der Waals surface area contributed by atoms with Crippen LogP contribution in [0.5, 0.6) is 0 Å². The quantitative estimate of drug-likeness (QED) is 0.781. The van der Waals surface area contributed by atoms with Crippen LogP contribution in [0, 0.1) is 6.92 Å². The first-order valence-corrected chi connectivity index (χ1v) is 8.93. The predicted octanol–water partition coefficient (Wildman–Crippen LogP) is 1.13. The van der Waals surface area contributed by atoms with Crippen molar-refractivity contribution in [1.29, 1.82) is 0 Å². The molecule has 0 saturated heterocycles. The van der Waals surface area contributed by atoms with Crippen LogP contribution >= 0.6 is 0 Å². The Morgan fingerprint density at radius 2 is 1.73 bits per heavy atom. The van der Waals surface area contributed by atoms with Gasteiger partial charge in [-0.05, 0) is 36.8 Å². The molecule has 1 heterocycles. The molecule has 1 aromatic carbocycles. The van der Waals surface area contributed by atoms with E-state index >= 15 is 0 Å². The minimum atomic E-state index is -3.97. The number of rotatable bonds is 4. The summed E-state index contributed by atoms with van der Waals surface area (Å²) in [6, 6.07) is 4.46. The Morgan fingerprint density at radius 3 is 2.31 bits per heavy atom. The summed E-state index contributed by atoms with van der Waals surface area (Å²) in [5.74, 6) is -1.53. The van der Waals surface area contributed by atoms with E-state index < -0.39 is 22.0 Å². The number of esters is 2. The maximum absolute atomic E-state index is 12.3. The lowest BCUT2D eigenvalue weighted by Gasteiger charge is -2.23. The molecule has 26 heavy (non-hydrogen) atoms. The first kappa shape index (κ1) is 19.4. The molecule has 0 aliphatic carbocycles. The maximum atomic E-state index is 12.3. The predicted molar refractivity (Wildman–Crippen MR) is 94.4 cm³/mol. The van der Waals surface area contributed by atoms with Gasteiger partial charge in [0.15, 0.2) is 0 Å². The van der Waals surface area contributed by atoms with Crippen molar-refractivity contribution in [2.24, 2.45) is 5.14 Å². The number of aryl methyl sites for hydroxylation is 1. The van der Waals surface area contributed by atoms with Gasteiger partial charge in [0, 0.05) is 11.9 Å². The van der Waals surface area contributed by atoms with Crippen molar-refractivity contribution < 1.29 is 27.5 Å². The zero-order chi connectivity index (χ0) is 19.5. The molecule has 1 aliphatic heterocycles. The molecule has 0 fully saturated rings. The molecule has 0 spiro atoms. The summed E-state index contributed by atoms with van der Waals surface area (Å²) in [5.41, 5.74) is 0.599. The molecule has 8 nitrogen and oxygen atoms in total. The minimum absolute atomic E-state index is 0.0397. The highest BCUT2D eigenvalue weighted by Crippen LogP contribution is 2.29. The Kier molecular flexibility index (Phi) is 5.63. The van der Waals surface area contributed by atoms with Gasteiger partial charge in [-0.15, -0.1) is 0 Å². The van der Waals surface area contributed by atoms with Crippen LogP contribution in [0.15, 0.2) is 58.8 Å². The highest BCUT2D eigenvalue weighted by Gasteiger charge is 2.28. The summed E-state index contributed by atoms with van der Waals surface area (Å²) >= 11 is 0. The molecular formula is C17H18N2O6S. The van der Waals surface area contributed by atoms with Gasteiger partial charge in [-0.25, -0.2) is 23.1 Å². The molecule has 0 radical (unpaired) electrons. The van der Waals surface area contributed by atoms with E-state index in [2.05, 4.69) is 0 Å². The second-order valence-electron chi connectivity index (χ2n) is 5.31. The SMILES string of the molecule is COC(=O)C1=C(C(=O)OC)N(c2ccc(C)c(S(N)(=O)=O)c2)C=CC=C1. The maximum Gasteiger partial charge on any atom is 0.355 e. The summed E-state index contributed by atoms with van der Waals surface area (Å²) in [5, 5.41) is 5.25. The molecule has 2 N–H and O–H groups in total. The molecule has 2 rings (SSSR count). The van der Waals surface area contributed by atoms with Crippen molar-refractivity contribution in [2.45, 2.75) is 11.8 Å². The number of allylic oxidation sites excluding steroid dienone is 2. The average molecular weight is 378 g/mol. The molecule has 9 heteroatoms. The molecule has 0 atom stereocenters. The van der Waals surface area contributed by atoms with Gasteiger partial charge in [0.05, 0.1) is 24.7 Å². The van der Waals surface area contributed by atoms with Crippen LogP contribution in [0.4, 0.5) is 5.69 Å². The average Bonchev–Trinajstić information content (AvgIpc) is 2.82. The topological polar surface area (TPSA) is 116 Å². The standard InChI is InChI=1S/C17H18N2O6S/c1-11-7-8-12(10-14(11)26(18,22)23)19-9-5-4-6-13(16(20)24-2)15(19)17(21)25-3/h4-10H,1-3H3,(H2,18,22,23). The number of anilines is 1. The Bertz CT molecular complexity index is 944. The Labute approximate surface area is 151 Å². The van der Waals surface area contributed by atoms with E-state index in [9.17, 15) is 18.0 Å². The Hall–Kier alpha value is -2.91. The number of nitrogens with two attached hydrogens (primary N) is 1. The second-order valence-corrected chi connectivity index (χ2v) is 6.84. The summed E-state index contributed by atoms with van der Waals surface area (Å²) in [6.45, 7) is 1.60. The first-order chi connectivity index (χ1) is 12.2. The lowest BCUT2D eigenvalue weighted by Crippen LogP contribution is -2.27. The van der Waals surface area contributed by atoms with Crippen LogP contribution in [-0.4, -0.2) is 34.6 Å². The van der Waals surface area contributed by atoms with Gasteiger partial charge in [0.2, 0.25) is 10.0 Å². The first-order valence-electron chi connectivity index (χ1n) is 7.39. The van der Waals surface area contributed by atoms with Gasteiger partial charge in [-0.3, -0.25) is 0 Å². The molecule has 0 aromatic heterocycles. The summed E-state index contributed by atoms with van der Waals surface area (Å²) in [6.07, 6.45) is 6.03. The number of methoxy groups -OCH3 is 2. The van der Waals surface area contributed by atoms with Crippen molar-refractivity contribution >= 4 is 27.6 Å². The van der Waals surface area contributed by atoms with E-state index in [-0.39, 0.29) is 16.2 Å². The largest absolute Gasteiger partial charge is 0.465 e. The zero-order valence-corrected chi connectivity index (χ0v) is 15.2. The van der Waals surface area contributed by atoms with E-state index in [1.54, 1.807) is 31.2 Å². The van der Waals surface area contributed by atoms with E-state index in [1.165, 1.54) is 37.5 Å². The number of hydrogen-bond acceptors (Lipinski definition) is 7. The van der Waals surface area contributed by atoms with Gasteiger partial charge in [0.1, 0.15) is 5.70 Å². The van der Waals surface area contributed by atoms with Crippen LogP contribution in [0.25, 0.3) is 0 Å². The number of primary sulfonamides is 1. The molecule has 0 saturated carbocycles. The summed E-state index contributed by atoms with van der Waals surface area (Å²) in [4.78, 5) is 25.7. The third kappa shape index (κ3) is 3.84. The van der Waals surface area contributed by atoms with Crippen LogP contribution < -0.4 is 10.0 Å². The third-order valence-corrected chi connectivity index (χ3v) is 4.70.